The average molecular weight is 366 g/mol. The van der Waals surface area contributed by atoms with Crippen LogP contribution in [0.1, 0.15) is 36.1 Å². The van der Waals surface area contributed by atoms with Gasteiger partial charge in [-0.1, -0.05) is 35.9 Å². The van der Waals surface area contributed by atoms with E-state index in [1.54, 1.807) is 23.2 Å². The molecule has 5 nitrogen and oxygen atoms in total. The van der Waals surface area contributed by atoms with Crippen LogP contribution in [-0.2, 0) is 9.59 Å². The molecule has 0 aromatic heterocycles. The normalized spacial score (nSPS) is 15.1. The molecule has 1 heterocycles. The molecular weight excluding hydrogens is 350 g/mol. The molecule has 6 heteroatoms. The van der Waals surface area contributed by atoms with Crippen LogP contribution < -0.4 is 5.32 Å². The Morgan fingerprint density at radius 3 is 2.73 bits per heavy atom. The maximum absolute atomic E-state index is 12.5. The number of amides is 2. The number of fused-ring (bicyclic) bond motifs is 1. The Kier molecular flexibility index (Phi) is 5.06. The van der Waals surface area contributed by atoms with Crippen molar-refractivity contribution in [3.05, 3.63) is 70.4 Å². The van der Waals surface area contributed by atoms with Crippen LogP contribution in [0, 0.1) is 11.3 Å². The number of hydrogen-bond donors (Lipinski definition) is 1. The van der Waals surface area contributed by atoms with Crippen molar-refractivity contribution in [1.82, 2.24) is 4.90 Å². The summed E-state index contributed by atoms with van der Waals surface area (Å²) in [6.07, 6.45) is 3.69. The smallest absolute Gasteiger partial charge is 0.226 e. The number of nitrogens with zero attached hydrogens (tertiary/aromatic N) is 2. The van der Waals surface area contributed by atoms with Crippen LogP contribution in [-0.4, -0.2) is 16.7 Å². The topological polar surface area (TPSA) is 73.2 Å². The first-order valence-corrected chi connectivity index (χ1v) is 8.43. The third-order valence-electron chi connectivity index (χ3n) is 4.22. The molecule has 0 saturated heterocycles. The summed E-state index contributed by atoms with van der Waals surface area (Å²) in [5.41, 5.74) is 2.77. The van der Waals surface area contributed by atoms with E-state index >= 15 is 0 Å². The van der Waals surface area contributed by atoms with E-state index in [2.05, 4.69) is 5.32 Å². The summed E-state index contributed by atoms with van der Waals surface area (Å²) in [6.45, 7) is 1.48. The zero-order valence-corrected chi connectivity index (χ0v) is 14.8. The zero-order valence-electron chi connectivity index (χ0n) is 14.1. The van der Waals surface area contributed by atoms with Gasteiger partial charge >= 0.3 is 0 Å². The quantitative estimate of drug-likeness (QED) is 0.889. The Morgan fingerprint density at radius 1 is 1.27 bits per heavy atom. The summed E-state index contributed by atoms with van der Waals surface area (Å²) in [4.78, 5) is 26.1. The third-order valence-corrected chi connectivity index (χ3v) is 4.53. The predicted octanol–water partition coefficient (Wildman–Crippen LogP) is 4.11. The number of carbonyl (C=O) groups is 2. The van der Waals surface area contributed by atoms with Crippen molar-refractivity contribution in [3.63, 3.8) is 0 Å². The first-order chi connectivity index (χ1) is 12.5. The van der Waals surface area contributed by atoms with E-state index < -0.39 is 0 Å². The van der Waals surface area contributed by atoms with E-state index in [4.69, 9.17) is 16.9 Å². The fraction of sp³-hybridized carbons (Fsp3) is 0.150. The second-order valence-electron chi connectivity index (χ2n) is 5.95. The van der Waals surface area contributed by atoms with Crippen molar-refractivity contribution >= 4 is 35.2 Å². The minimum Gasteiger partial charge on any atom is -0.326 e. The number of hydrogen-bond acceptors (Lipinski definition) is 3. The van der Waals surface area contributed by atoms with Gasteiger partial charge in [-0.05, 0) is 35.4 Å². The van der Waals surface area contributed by atoms with Crippen molar-refractivity contribution < 1.29 is 9.59 Å². The molecule has 1 atom stereocenters. The van der Waals surface area contributed by atoms with Crippen molar-refractivity contribution in [2.24, 2.45) is 0 Å². The molecule has 2 aromatic carbocycles. The number of nitrogens with one attached hydrogen (secondary N) is 1. The van der Waals surface area contributed by atoms with Gasteiger partial charge in [-0.15, -0.1) is 0 Å². The number of rotatable bonds is 3. The molecule has 1 aliphatic rings. The van der Waals surface area contributed by atoms with E-state index in [-0.39, 0.29) is 29.3 Å². The summed E-state index contributed by atoms with van der Waals surface area (Å²) in [5, 5.41) is 12.0. The second-order valence-corrected chi connectivity index (χ2v) is 6.35. The lowest BCUT2D eigenvalue weighted by Gasteiger charge is -2.32. The molecule has 0 fully saturated rings. The molecule has 0 spiro atoms. The Balaban J connectivity index is 1.80. The van der Waals surface area contributed by atoms with Gasteiger partial charge in [-0.25, -0.2) is 0 Å². The maximum Gasteiger partial charge on any atom is 0.226 e. The molecule has 0 bridgehead atoms. The fourth-order valence-corrected chi connectivity index (χ4v) is 3.21. The molecule has 1 unspecified atom stereocenters. The molecule has 1 N–H and O–H groups in total. The van der Waals surface area contributed by atoms with Crippen LogP contribution in [0.4, 0.5) is 5.69 Å². The lowest BCUT2D eigenvalue weighted by molar-refractivity contribution is -0.129. The molecule has 130 valence electrons. The summed E-state index contributed by atoms with van der Waals surface area (Å²) in [5.74, 6) is -0.373. The first-order valence-electron chi connectivity index (χ1n) is 8.05. The molecule has 0 radical (unpaired) electrons. The summed E-state index contributed by atoms with van der Waals surface area (Å²) >= 11 is 6.00. The molecule has 0 saturated carbocycles. The highest BCUT2D eigenvalue weighted by atomic mass is 35.5. The van der Waals surface area contributed by atoms with Crippen LogP contribution in [0.2, 0.25) is 5.02 Å². The van der Waals surface area contributed by atoms with Gasteiger partial charge in [0.2, 0.25) is 11.8 Å². The SMILES string of the molecule is CC(=O)N1C=Cc2ccccc2C1CC(=O)Nc1ccc(C#N)c(Cl)c1. The van der Waals surface area contributed by atoms with Crippen molar-refractivity contribution in [3.8, 4) is 6.07 Å². The van der Waals surface area contributed by atoms with Gasteiger partial charge in [0.15, 0.2) is 0 Å². The number of benzene rings is 2. The molecule has 0 aliphatic carbocycles. The van der Waals surface area contributed by atoms with Crippen LogP contribution in [0.3, 0.4) is 0 Å². The highest BCUT2D eigenvalue weighted by molar-refractivity contribution is 6.32. The zero-order chi connectivity index (χ0) is 18.7. The lowest BCUT2D eigenvalue weighted by atomic mass is 9.93. The fourth-order valence-electron chi connectivity index (χ4n) is 2.98. The first kappa shape index (κ1) is 17.7. The van der Waals surface area contributed by atoms with Crippen molar-refractivity contribution in [2.75, 3.05) is 5.32 Å². The molecular formula is C20H16ClN3O2. The third kappa shape index (κ3) is 3.61. The predicted molar refractivity (Wildman–Crippen MR) is 100 cm³/mol. The average Bonchev–Trinajstić information content (AvgIpc) is 2.62. The van der Waals surface area contributed by atoms with Gasteiger partial charge in [0.1, 0.15) is 6.07 Å². The largest absolute Gasteiger partial charge is 0.326 e. The standard InChI is InChI=1S/C20H16ClN3O2/c1-13(25)24-9-8-14-4-2-3-5-17(14)19(24)11-20(26)23-16-7-6-15(12-22)18(21)10-16/h2-10,19H,11H2,1H3,(H,23,26). The van der Waals surface area contributed by atoms with E-state index in [9.17, 15) is 9.59 Å². The number of carbonyl (C=O) groups excluding carboxylic acids is 2. The number of anilines is 1. The van der Waals surface area contributed by atoms with Crippen LogP contribution in [0.15, 0.2) is 48.7 Å². The Labute approximate surface area is 156 Å². The lowest BCUT2D eigenvalue weighted by Crippen LogP contribution is -2.33. The van der Waals surface area contributed by atoms with Gasteiger partial charge in [-0.3, -0.25) is 9.59 Å². The highest BCUT2D eigenvalue weighted by Crippen LogP contribution is 2.33. The molecule has 1 aliphatic heterocycles. The highest BCUT2D eigenvalue weighted by Gasteiger charge is 2.28. The maximum atomic E-state index is 12.5. The Hall–Kier alpha value is -3.10. The van der Waals surface area contributed by atoms with Crippen LogP contribution in [0.25, 0.3) is 6.08 Å². The summed E-state index contributed by atoms with van der Waals surface area (Å²) in [7, 11) is 0. The van der Waals surface area contributed by atoms with Crippen molar-refractivity contribution in [2.45, 2.75) is 19.4 Å². The van der Waals surface area contributed by atoms with E-state index in [0.29, 0.717) is 11.3 Å². The van der Waals surface area contributed by atoms with Crippen LogP contribution in [0.5, 0.6) is 0 Å². The van der Waals surface area contributed by atoms with E-state index in [1.807, 2.05) is 36.4 Å². The summed E-state index contributed by atoms with van der Waals surface area (Å²) in [6, 6.07) is 14.0. The van der Waals surface area contributed by atoms with Crippen molar-refractivity contribution in [1.29, 1.82) is 5.26 Å². The number of nitriles is 1. The number of halogens is 1. The summed E-state index contributed by atoms with van der Waals surface area (Å²) < 4.78 is 0. The van der Waals surface area contributed by atoms with Crippen LogP contribution >= 0.6 is 11.6 Å². The Bertz CT molecular complexity index is 946. The minimum atomic E-state index is -0.373. The second kappa shape index (κ2) is 7.42. The monoisotopic (exact) mass is 365 g/mol. The molecule has 2 aromatic rings. The molecule has 26 heavy (non-hydrogen) atoms. The molecule has 3 rings (SSSR count). The van der Waals surface area contributed by atoms with Gasteiger partial charge in [0, 0.05) is 18.8 Å². The van der Waals surface area contributed by atoms with E-state index in [1.165, 1.54) is 13.0 Å². The van der Waals surface area contributed by atoms with Gasteiger partial charge in [0.05, 0.1) is 23.0 Å². The van der Waals surface area contributed by atoms with Gasteiger partial charge in [-0.2, -0.15) is 5.26 Å². The Morgan fingerprint density at radius 2 is 2.04 bits per heavy atom. The van der Waals surface area contributed by atoms with Gasteiger partial charge in [0.25, 0.3) is 0 Å². The minimum absolute atomic E-state index is 0.110. The van der Waals surface area contributed by atoms with Gasteiger partial charge < -0.3 is 10.2 Å². The molecule has 2 amide bonds. The van der Waals surface area contributed by atoms with E-state index in [0.717, 1.165) is 11.1 Å².